The van der Waals surface area contributed by atoms with Crippen LogP contribution in [-0.4, -0.2) is 37.2 Å². The van der Waals surface area contributed by atoms with E-state index in [0.29, 0.717) is 19.3 Å². The summed E-state index contributed by atoms with van der Waals surface area (Å²) in [4.78, 5) is 37.9. The third-order valence-electron chi connectivity index (χ3n) is 12.0. The summed E-state index contributed by atoms with van der Waals surface area (Å²) >= 11 is 0. The van der Waals surface area contributed by atoms with Gasteiger partial charge in [0, 0.05) is 19.3 Å². The van der Waals surface area contributed by atoms with E-state index >= 15 is 0 Å². The highest BCUT2D eigenvalue weighted by atomic mass is 16.6. The van der Waals surface area contributed by atoms with Crippen molar-refractivity contribution in [3.8, 4) is 0 Å². The Morgan fingerprint density at radius 1 is 0.345 bits per heavy atom. The molecule has 0 fully saturated rings. The van der Waals surface area contributed by atoms with Crippen LogP contribution in [0.4, 0.5) is 0 Å². The highest BCUT2D eigenvalue weighted by Gasteiger charge is 2.19. The first-order chi connectivity index (χ1) is 28.1. The zero-order valence-corrected chi connectivity index (χ0v) is 39.8. The maximum absolute atomic E-state index is 12.8. The number of esters is 3. The fraction of sp³-hybridized carbons (Fsp3) is 0.942. The molecule has 0 amide bonds. The van der Waals surface area contributed by atoms with Gasteiger partial charge in [-0.2, -0.15) is 0 Å². The maximum atomic E-state index is 12.8. The summed E-state index contributed by atoms with van der Waals surface area (Å²) in [6, 6.07) is 0. The topological polar surface area (TPSA) is 78.9 Å². The van der Waals surface area contributed by atoms with Gasteiger partial charge in [0.05, 0.1) is 0 Å². The van der Waals surface area contributed by atoms with Crippen LogP contribution in [0.3, 0.4) is 0 Å². The Kier molecular flexibility index (Phi) is 42.3. The minimum absolute atomic E-state index is 0.0655. The zero-order chi connectivity index (χ0) is 42.7. The van der Waals surface area contributed by atoms with E-state index in [4.69, 9.17) is 14.2 Å². The molecule has 0 bridgehead atoms. The predicted molar refractivity (Wildman–Crippen MR) is 247 cm³/mol. The number of unbranched alkanes of at least 4 members (excludes halogenated alkanes) is 27. The van der Waals surface area contributed by atoms with Crippen molar-refractivity contribution >= 4 is 17.9 Å². The van der Waals surface area contributed by atoms with Crippen LogP contribution in [0.5, 0.6) is 0 Å². The molecule has 344 valence electrons. The van der Waals surface area contributed by atoms with Gasteiger partial charge in [0.15, 0.2) is 6.10 Å². The van der Waals surface area contributed by atoms with Gasteiger partial charge in [-0.25, -0.2) is 0 Å². The number of carbonyl (C=O) groups is 3. The monoisotopic (exact) mass is 821 g/mol. The minimum atomic E-state index is -0.763. The van der Waals surface area contributed by atoms with Gasteiger partial charge in [0.25, 0.3) is 0 Å². The normalized spacial score (nSPS) is 12.6. The number of hydrogen-bond donors (Lipinski definition) is 0. The second kappa shape index (κ2) is 43.5. The molecule has 0 saturated carbocycles. The molecule has 0 saturated heterocycles. The second-order valence-corrected chi connectivity index (χ2v) is 19.0. The first kappa shape index (κ1) is 56.4. The molecule has 0 aliphatic rings. The van der Waals surface area contributed by atoms with Crippen LogP contribution < -0.4 is 0 Å². The molecular weight excluding hydrogens is 721 g/mol. The molecule has 0 N–H and O–H groups in total. The molecule has 0 aliphatic heterocycles. The van der Waals surface area contributed by atoms with Crippen molar-refractivity contribution in [2.75, 3.05) is 13.2 Å². The lowest BCUT2D eigenvalue weighted by Crippen LogP contribution is -2.30. The van der Waals surface area contributed by atoms with Gasteiger partial charge in [-0.15, -0.1) is 0 Å². The summed E-state index contributed by atoms with van der Waals surface area (Å²) in [6.45, 7) is 13.7. The molecule has 0 rings (SSSR count). The van der Waals surface area contributed by atoms with Crippen LogP contribution in [-0.2, 0) is 28.6 Å². The molecule has 6 heteroatoms. The highest BCUT2D eigenvalue weighted by Crippen LogP contribution is 2.18. The van der Waals surface area contributed by atoms with E-state index in [-0.39, 0.29) is 31.1 Å². The smallest absolute Gasteiger partial charge is 0.306 e. The quantitative estimate of drug-likeness (QED) is 0.0346. The Hall–Kier alpha value is -1.59. The van der Waals surface area contributed by atoms with E-state index in [1.54, 1.807) is 0 Å². The largest absolute Gasteiger partial charge is 0.462 e. The van der Waals surface area contributed by atoms with E-state index in [9.17, 15) is 14.4 Å². The minimum Gasteiger partial charge on any atom is -0.462 e. The average molecular weight is 821 g/mol. The molecule has 1 unspecified atom stereocenters. The van der Waals surface area contributed by atoms with Crippen LogP contribution in [0.25, 0.3) is 0 Å². The van der Waals surface area contributed by atoms with E-state index in [1.807, 2.05) is 0 Å². The molecule has 0 spiro atoms. The Balaban J connectivity index is 4.27. The van der Waals surface area contributed by atoms with Gasteiger partial charge >= 0.3 is 17.9 Å². The molecule has 6 nitrogen and oxygen atoms in total. The fourth-order valence-corrected chi connectivity index (χ4v) is 7.73. The summed E-state index contributed by atoms with van der Waals surface area (Å²) in [7, 11) is 0. The van der Waals surface area contributed by atoms with Gasteiger partial charge < -0.3 is 14.2 Å². The standard InChI is InChI=1S/C52H100O6/c1-7-48(6)40-34-28-21-17-14-15-19-23-31-37-43-52(55)58-49(45-57-51(54)42-36-30-25-24-27-33-39-47(4)5)44-56-50(53)41-35-29-22-18-13-11-9-8-10-12-16-20-26-32-38-46(2)3/h46-49H,7-45H2,1-6H3/t48?,49-/m1/s1. The number of carbonyl (C=O) groups excluding carboxylic acids is 3. The maximum Gasteiger partial charge on any atom is 0.306 e. The van der Waals surface area contributed by atoms with Crippen LogP contribution >= 0.6 is 0 Å². The molecule has 0 aliphatic carbocycles. The summed E-state index contributed by atoms with van der Waals surface area (Å²) in [6.07, 6.45) is 42.4. The summed E-state index contributed by atoms with van der Waals surface area (Å²) in [5, 5.41) is 0. The Labute approximate surface area is 361 Å². The Morgan fingerprint density at radius 2 is 0.603 bits per heavy atom. The lowest BCUT2D eigenvalue weighted by atomic mass is 9.99. The van der Waals surface area contributed by atoms with Crippen molar-refractivity contribution in [2.24, 2.45) is 17.8 Å². The van der Waals surface area contributed by atoms with Gasteiger partial charge in [-0.3, -0.25) is 14.4 Å². The molecule has 0 radical (unpaired) electrons. The van der Waals surface area contributed by atoms with E-state index < -0.39 is 6.10 Å². The molecule has 58 heavy (non-hydrogen) atoms. The molecule has 0 aromatic carbocycles. The van der Waals surface area contributed by atoms with Crippen molar-refractivity contribution in [3.63, 3.8) is 0 Å². The molecule has 0 aromatic rings. The summed E-state index contributed by atoms with van der Waals surface area (Å²) in [5.74, 6) is 1.62. The van der Waals surface area contributed by atoms with Crippen LogP contribution in [0, 0.1) is 17.8 Å². The van der Waals surface area contributed by atoms with E-state index in [1.165, 1.54) is 161 Å². The third-order valence-corrected chi connectivity index (χ3v) is 12.0. The SMILES string of the molecule is CCC(C)CCCCCCCCCCCCC(=O)O[C@H](COC(=O)CCCCCCCCCCCCCCCCC(C)C)COC(=O)CCCCCCCCC(C)C. The Morgan fingerprint density at radius 3 is 0.897 bits per heavy atom. The highest BCUT2D eigenvalue weighted by molar-refractivity contribution is 5.71. The van der Waals surface area contributed by atoms with Gasteiger partial charge in [0.2, 0.25) is 0 Å². The molecule has 0 heterocycles. The van der Waals surface area contributed by atoms with Crippen LogP contribution in [0.1, 0.15) is 279 Å². The van der Waals surface area contributed by atoms with Crippen molar-refractivity contribution in [3.05, 3.63) is 0 Å². The van der Waals surface area contributed by atoms with Crippen molar-refractivity contribution in [2.45, 2.75) is 285 Å². The second-order valence-electron chi connectivity index (χ2n) is 19.0. The molecular formula is C52H100O6. The number of rotatable bonds is 45. The van der Waals surface area contributed by atoms with Gasteiger partial charge in [-0.05, 0) is 37.0 Å². The van der Waals surface area contributed by atoms with Gasteiger partial charge in [-0.1, -0.05) is 241 Å². The van der Waals surface area contributed by atoms with Crippen LogP contribution in [0.2, 0.25) is 0 Å². The van der Waals surface area contributed by atoms with Gasteiger partial charge in [0.1, 0.15) is 13.2 Å². The average Bonchev–Trinajstić information content (AvgIpc) is 3.19. The number of ether oxygens (including phenoxy) is 3. The van der Waals surface area contributed by atoms with Crippen molar-refractivity contribution < 1.29 is 28.6 Å². The van der Waals surface area contributed by atoms with Crippen molar-refractivity contribution in [1.29, 1.82) is 0 Å². The number of hydrogen-bond acceptors (Lipinski definition) is 6. The van der Waals surface area contributed by atoms with Crippen molar-refractivity contribution in [1.82, 2.24) is 0 Å². The predicted octanol–water partition coefficient (Wildman–Crippen LogP) is 16.4. The first-order valence-corrected chi connectivity index (χ1v) is 25.6. The lowest BCUT2D eigenvalue weighted by molar-refractivity contribution is -0.167. The summed E-state index contributed by atoms with van der Waals surface area (Å²) < 4.78 is 16.8. The molecule has 0 aromatic heterocycles. The zero-order valence-electron chi connectivity index (χ0n) is 39.8. The summed E-state index contributed by atoms with van der Waals surface area (Å²) in [5.41, 5.74) is 0. The lowest BCUT2D eigenvalue weighted by Gasteiger charge is -2.18. The fourth-order valence-electron chi connectivity index (χ4n) is 7.73. The first-order valence-electron chi connectivity index (χ1n) is 25.6. The van der Waals surface area contributed by atoms with E-state index in [2.05, 4.69) is 41.5 Å². The Bertz CT molecular complexity index is 900. The van der Waals surface area contributed by atoms with E-state index in [0.717, 1.165) is 75.5 Å². The third kappa shape index (κ3) is 44.0. The van der Waals surface area contributed by atoms with Crippen LogP contribution in [0.15, 0.2) is 0 Å². The molecule has 2 atom stereocenters.